The van der Waals surface area contributed by atoms with Crippen molar-refractivity contribution in [3.05, 3.63) is 29.8 Å². The van der Waals surface area contributed by atoms with Gasteiger partial charge in [0.05, 0.1) is 6.04 Å². The van der Waals surface area contributed by atoms with Crippen LogP contribution in [0.4, 0.5) is 5.69 Å². The van der Waals surface area contributed by atoms with Gasteiger partial charge in [0.1, 0.15) is 4.99 Å². The van der Waals surface area contributed by atoms with Crippen molar-refractivity contribution in [2.75, 3.05) is 18.9 Å². The minimum atomic E-state index is -0.145. The summed E-state index contributed by atoms with van der Waals surface area (Å²) in [6.07, 6.45) is 1.28. The minimum absolute atomic E-state index is 0.00822. The number of carbonyl (C=O) groups excluding carboxylic acids is 1. The molecule has 1 aliphatic rings. The van der Waals surface area contributed by atoms with Crippen LogP contribution in [0.25, 0.3) is 0 Å². The topological polar surface area (TPSA) is 58.4 Å². The monoisotopic (exact) mass is 305 g/mol. The lowest BCUT2D eigenvalue weighted by Crippen LogP contribution is -2.40. The molecule has 4 nitrogen and oxygen atoms in total. The van der Waals surface area contributed by atoms with E-state index < -0.39 is 0 Å². The summed E-state index contributed by atoms with van der Waals surface area (Å²) < 4.78 is 0. The van der Waals surface area contributed by atoms with Crippen molar-refractivity contribution < 1.29 is 4.79 Å². The predicted molar refractivity (Wildman–Crippen MR) is 90.3 cm³/mol. The van der Waals surface area contributed by atoms with Crippen LogP contribution in [0, 0.1) is 11.8 Å². The maximum Gasteiger partial charge on any atom is 0.241 e. The number of nitrogens with one attached hydrogen (secondary N) is 1. The van der Waals surface area contributed by atoms with Crippen LogP contribution in [-0.2, 0) is 4.79 Å². The van der Waals surface area contributed by atoms with Gasteiger partial charge >= 0.3 is 0 Å². The molecule has 114 valence electrons. The van der Waals surface area contributed by atoms with Crippen LogP contribution in [0.3, 0.4) is 0 Å². The first-order chi connectivity index (χ1) is 9.88. The minimum Gasteiger partial charge on any atom is -0.389 e. The van der Waals surface area contributed by atoms with E-state index in [1.165, 1.54) is 6.42 Å². The van der Waals surface area contributed by atoms with Gasteiger partial charge in [0.25, 0.3) is 0 Å². The summed E-state index contributed by atoms with van der Waals surface area (Å²) in [5.41, 5.74) is 7.12. The number of hydrogen-bond donors (Lipinski definition) is 2. The van der Waals surface area contributed by atoms with E-state index in [1.807, 2.05) is 38.2 Å². The molecule has 21 heavy (non-hydrogen) atoms. The number of rotatable bonds is 6. The Labute approximate surface area is 131 Å². The molecule has 1 aliphatic carbocycles. The number of nitrogens with zero attached hydrogens (tertiary/aromatic N) is 1. The van der Waals surface area contributed by atoms with E-state index in [0.717, 1.165) is 29.6 Å². The summed E-state index contributed by atoms with van der Waals surface area (Å²) in [6, 6.07) is 7.13. The lowest BCUT2D eigenvalue weighted by molar-refractivity contribution is -0.120. The second-order valence-corrected chi connectivity index (χ2v) is 6.46. The van der Waals surface area contributed by atoms with Crippen molar-refractivity contribution in [2.45, 2.75) is 26.3 Å². The molecular formula is C16H23N3OS. The third-order valence-corrected chi connectivity index (χ3v) is 4.51. The number of hydrogen-bond acceptors (Lipinski definition) is 3. The maximum atomic E-state index is 12.3. The molecule has 2 rings (SSSR count). The molecule has 1 amide bonds. The molecule has 1 aromatic carbocycles. The summed E-state index contributed by atoms with van der Waals surface area (Å²) in [7, 11) is 2.01. The average Bonchev–Trinajstić information content (AvgIpc) is 3.13. The van der Waals surface area contributed by atoms with Gasteiger partial charge in [-0.05, 0) is 56.5 Å². The van der Waals surface area contributed by atoms with Gasteiger partial charge in [0.2, 0.25) is 5.91 Å². The van der Waals surface area contributed by atoms with Crippen molar-refractivity contribution in [1.29, 1.82) is 0 Å². The van der Waals surface area contributed by atoms with Crippen molar-refractivity contribution in [3.8, 4) is 0 Å². The van der Waals surface area contributed by atoms with Crippen molar-refractivity contribution in [2.24, 2.45) is 17.6 Å². The summed E-state index contributed by atoms with van der Waals surface area (Å²) in [5, 5.41) is 2.93. The number of nitrogens with two attached hydrogens (primary N) is 1. The van der Waals surface area contributed by atoms with E-state index in [2.05, 4.69) is 17.1 Å². The zero-order chi connectivity index (χ0) is 15.6. The Morgan fingerprint density at radius 2 is 2.05 bits per heavy atom. The molecule has 0 saturated heterocycles. The smallest absolute Gasteiger partial charge is 0.241 e. The first-order valence-electron chi connectivity index (χ1n) is 7.29. The second kappa shape index (κ2) is 6.54. The lowest BCUT2D eigenvalue weighted by Gasteiger charge is -2.24. The number of likely N-dealkylation sites (N-methyl/N-ethyl adjacent to an activating group) is 1. The van der Waals surface area contributed by atoms with E-state index in [4.69, 9.17) is 18.0 Å². The fraction of sp³-hybridized carbons (Fsp3) is 0.500. The molecule has 3 N–H and O–H groups in total. The van der Waals surface area contributed by atoms with Crippen molar-refractivity contribution in [3.63, 3.8) is 0 Å². The largest absolute Gasteiger partial charge is 0.389 e. The average molecular weight is 305 g/mol. The van der Waals surface area contributed by atoms with E-state index >= 15 is 0 Å². The zero-order valence-corrected chi connectivity index (χ0v) is 13.6. The first kappa shape index (κ1) is 15.9. The van der Waals surface area contributed by atoms with Gasteiger partial charge in [-0.15, -0.1) is 0 Å². The molecular weight excluding hydrogens is 282 g/mol. The standard InChI is InChI=1S/C16H23N3OS/c1-10-8-13(10)9-19(3)11(2)16(20)18-14-6-4-12(5-7-14)15(17)21/h4-7,10-11,13H,8-9H2,1-3H3,(H2,17,21)(H,18,20). The van der Waals surface area contributed by atoms with Crippen LogP contribution in [-0.4, -0.2) is 35.4 Å². The highest BCUT2D eigenvalue weighted by atomic mass is 32.1. The number of benzene rings is 1. The van der Waals surface area contributed by atoms with Gasteiger partial charge < -0.3 is 11.1 Å². The Morgan fingerprint density at radius 3 is 2.52 bits per heavy atom. The number of anilines is 1. The summed E-state index contributed by atoms with van der Waals surface area (Å²) >= 11 is 4.91. The van der Waals surface area contributed by atoms with E-state index in [9.17, 15) is 4.79 Å². The molecule has 0 aromatic heterocycles. The Kier molecular flexibility index (Phi) is 4.96. The number of carbonyl (C=O) groups is 1. The van der Waals surface area contributed by atoms with Crippen LogP contribution in [0.2, 0.25) is 0 Å². The SMILES string of the molecule is CC1CC1CN(C)C(C)C(=O)Nc1ccc(C(N)=S)cc1. The Balaban J connectivity index is 1.88. The van der Waals surface area contributed by atoms with Crippen LogP contribution >= 0.6 is 12.2 Å². The lowest BCUT2D eigenvalue weighted by atomic mass is 10.2. The fourth-order valence-corrected chi connectivity index (χ4v) is 2.48. The van der Waals surface area contributed by atoms with Gasteiger partial charge in [0.15, 0.2) is 0 Å². The summed E-state index contributed by atoms with van der Waals surface area (Å²) in [6.45, 7) is 5.18. The quantitative estimate of drug-likeness (QED) is 0.791. The van der Waals surface area contributed by atoms with E-state index in [-0.39, 0.29) is 11.9 Å². The molecule has 0 radical (unpaired) electrons. The summed E-state index contributed by atoms with van der Waals surface area (Å²) in [5.74, 6) is 1.55. The molecule has 0 aliphatic heterocycles. The van der Waals surface area contributed by atoms with Crippen LogP contribution in [0.5, 0.6) is 0 Å². The van der Waals surface area contributed by atoms with Gasteiger partial charge in [-0.1, -0.05) is 19.1 Å². The molecule has 0 heterocycles. The number of amides is 1. The third kappa shape index (κ3) is 4.25. The van der Waals surface area contributed by atoms with Gasteiger partial charge in [0, 0.05) is 17.8 Å². The highest BCUT2D eigenvalue weighted by Crippen LogP contribution is 2.38. The predicted octanol–water partition coefficient (Wildman–Crippen LogP) is 2.24. The molecule has 0 spiro atoms. The second-order valence-electron chi connectivity index (χ2n) is 6.02. The zero-order valence-electron chi connectivity index (χ0n) is 12.8. The van der Waals surface area contributed by atoms with Crippen LogP contribution in [0.1, 0.15) is 25.8 Å². The first-order valence-corrected chi connectivity index (χ1v) is 7.70. The van der Waals surface area contributed by atoms with Gasteiger partial charge in [-0.2, -0.15) is 0 Å². The molecule has 1 aromatic rings. The molecule has 3 atom stereocenters. The normalized spacial score (nSPS) is 21.9. The molecule has 1 fully saturated rings. The highest BCUT2D eigenvalue weighted by molar-refractivity contribution is 7.80. The molecule has 1 saturated carbocycles. The summed E-state index contributed by atoms with van der Waals surface area (Å²) in [4.78, 5) is 14.7. The van der Waals surface area contributed by atoms with Gasteiger partial charge in [-0.25, -0.2) is 0 Å². The maximum absolute atomic E-state index is 12.3. The third-order valence-electron chi connectivity index (χ3n) is 4.28. The molecule has 0 bridgehead atoms. The Hall–Kier alpha value is -1.46. The Morgan fingerprint density at radius 1 is 1.48 bits per heavy atom. The van der Waals surface area contributed by atoms with E-state index in [0.29, 0.717) is 4.99 Å². The van der Waals surface area contributed by atoms with Crippen molar-refractivity contribution >= 4 is 28.8 Å². The molecule has 3 unspecified atom stereocenters. The number of thiocarbonyl (C=S) groups is 1. The van der Waals surface area contributed by atoms with Crippen molar-refractivity contribution in [1.82, 2.24) is 4.90 Å². The Bertz CT molecular complexity index is 529. The highest BCUT2D eigenvalue weighted by Gasteiger charge is 2.34. The van der Waals surface area contributed by atoms with Gasteiger partial charge in [-0.3, -0.25) is 9.69 Å². The van der Waals surface area contributed by atoms with Crippen LogP contribution in [0.15, 0.2) is 24.3 Å². The fourth-order valence-electron chi connectivity index (χ4n) is 2.35. The molecule has 5 heteroatoms. The van der Waals surface area contributed by atoms with Crippen LogP contribution < -0.4 is 11.1 Å². The van der Waals surface area contributed by atoms with E-state index in [1.54, 1.807) is 0 Å².